The Balaban J connectivity index is 2.21. The third-order valence-electron chi connectivity index (χ3n) is 2.94. The fraction of sp³-hybridized carbons (Fsp3) is 1.00. The first kappa shape index (κ1) is 11.0. The van der Waals surface area contributed by atoms with Crippen LogP contribution >= 0.6 is 0 Å². The van der Waals surface area contributed by atoms with Crippen LogP contribution in [0.15, 0.2) is 0 Å². The van der Waals surface area contributed by atoms with Gasteiger partial charge >= 0.3 is 0 Å². The largest absolute Gasteiger partial charge is 0.395 e. The van der Waals surface area contributed by atoms with Crippen LogP contribution in [0.1, 0.15) is 26.2 Å². The van der Waals surface area contributed by atoms with E-state index in [1.165, 1.54) is 19.3 Å². The second-order valence-corrected chi connectivity index (χ2v) is 4.12. The molecule has 0 aromatic rings. The van der Waals surface area contributed by atoms with Crippen molar-refractivity contribution in [2.75, 3.05) is 26.7 Å². The Bertz CT molecular complexity index is 135. The molecule has 2 atom stereocenters. The van der Waals surface area contributed by atoms with Crippen LogP contribution < -0.4 is 5.32 Å². The van der Waals surface area contributed by atoms with E-state index in [4.69, 9.17) is 5.11 Å². The molecule has 1 heterocycles. The monoisotopic (exact) mass is 186 g/mol. The zero-order chi connectivity index (χ0) is 9.68. The average molecular weight is 186 g/mol. The summed E-state index contributed by atoms with van der Waals surface area (Å²) >= 11 is 0. The number of piperidine rings is 1. The van der Waals surface area contributed by atoms with Gasteiger partial charge in [0.2, 0.25) is 0 Å². The Labute approximate surface area is 81.1 Å². The molecular weight excluding hydrogens is 164 g/mol. The number of nitrogens with zero attached hydrogens (tertiary/aromatic N) is 1. The summed E-state index contributed by atoms with van der Waals surface area (Å²) in [5, 5.41) is 12.5. The molecule has 0 saturated carbocycles. The molecule has 3 nitrogen and oxygen atoms in total. The maximum absolute atomic E-state index is 8.97. The molecule has 0 radical (unpaired) electrons. The first-order chi connectivity index (χ1) is 6.24. The average Bonchev–Trinajstić information content (AvgIpc) is 2.18. The van der Waals surface area contributed by atoms with Crippen LogP contribution in [-0.4, -0.2) is 48.8 Å². The molecule has 1 fully saturated rings. The van der Waals surface area contributed by atoms with Gasteiger partial charge in [-0.25, -0.2) is 0 Å². The normalized spacial score (nSPS) is 26.3. The van der Waals surface area contributed by atoms with E-state index < -0.39 is 0 Å². The molecule has 1 aliphatic heterocycles. The molecule has 0 amide bonds. The van der Waals surface area contributed by atoms with Gasteiger partial charge in [0.05, 0.1) is 6.61 Å². The number of aliphatic hydroxyl groups excluding tert-OH is 1. The van der Waals surface area contributed by atoms with Gasteiger partial charge in [0.15, 0.2) is 0 Å². The van der Waals surface area contributed by atoms with Crippen LogP contribution in [-0.2, 0) is 0 Å². The van der Waals surface area contributed by atoms with E-state index in [0.29, 0.717) is 6.04 Å². The van der Waals surface area contributed by atoms with Crippen LogP contribution in [0.5, 0.6) is 0 Å². The highest BCUT2D eigenvalue weighted by atomic mass is 16.3. The Morgan fingerprint density at radius 1 is 1.54 bits per heavy atom. The van der Waals surface area contributed by atoms with Crippen molar-refractivity contribution in [1.82, 2.24) is 10.2 Å². The molecule has 0 aromatic carbocycles. The Morgan fingerprint density at radius 2 is 2.31 bits per heavy atom. The zero-order valence-corrected chi connectivity index (χ0v) is 8.79. The highest BCUT2D eigenvalue weighted by Gasteiger charge is 2.16. The molecule has 3 heteroatoms. The van der Waals surface area contributed by atoms with Gasteiger partial charge in [0.1, 0.15) is 0 Å². The first-order valence-corrected chi connectivity index (χ1v) is 5.28. The quantitative estimate of drug-likeness (QED) is 0.669. The summed E-state index contributed by atoms with van der Waals surface area (Å²) < 4.78 is 0. The van der Waals surface area contributed by atoms with Crippen molar-refractivity contribution in [3.8, 4) is 0 Å². The maximum atomic E-state index is 8.97. The van der Waals surface area contributed by atoms with E-state index in [1.807, 2.05) is 0 Å². The van der Waals surface area contributed by atoms with Crippen molar-refractivity contribution < 1.29 is 5.11 Å². The van der Waals surface area contributed by atoms with Crippen molar-refractivity contribution >= 4 is 0 Å². The Hall–Kier alpha value is -0.120. The van der Waals surface area contributed by atoms with Crippen molar-refractivity contribution in [2.24, 2.45) is 0 Å². The van der Waals surface area contributed by atoms with Crippen molar-refractivity contribution in [1.29, 1.82) is 0 Å². The second kappa shape index (κ2) is 5.58. The van der Waals surface area contributed by atoms with Crippen LogP contribution in [0.4, 0.5) is 0 Å². The van der Waals surface area contributed by atoms with E-state index in [9.17, 15) is 0 Å². The predicted octanol–water partition coefficient (Wildman–Crippen LogP) is 0.441. The van der Waals surface area contributed by atoms with E-state index in [1.54, 1.807) is 0 Å². The number of hydrogen-bond acceptors (Lipinski definition) is 3. The summed E-state index contributed by atoms with van der Waals surface area (Å²) in [6.45, 7) is 4.53. The van der Waals surface area contributed by atoms with E-state index in [-0.39, 0.29) is 12.6 Å². The molecule has 1 aliphatic rings. The standard InChI is InChI=1S/C10H22N2O/c1-9(8-13)12(2)7-10-5-3-4-6-11-10/h9-11,13H,3-8H2,1-2H3. The maximum Gasteiger partial charge on any atom is 0.0584 e. The third-order valence-corrected chi connectivity index (χ3v) is 2.94. The number of hydrogen-bond donors (Lipinski definition) is 2. The minimum absolute atomic E-state index is 0.253. The summed E-state index contributed by atoms with van der Waals surface area (Å²) in [7, 11) is 2.08. The van der Waals surface area contributed by atoms with Gasteiger partial charge in [-0.2, -0.15) is 0 Å². The topological polar surface area (TPSA) is 35.5 Å². The molecule has 0 aliphatic carbocycles. The van der Waals surface area contributed by atoms with Gasteiger partial charge < -0.3 is 10.4 Å². The molecule has 0 bridgehead atoms. The van der Waals surface area contributed by atoms with E-state index in [2.05, 4.69) is 24.2 Å². The fourth-order valence-corrected chi connectivity index (χ4v) is 1.75. The SMILES string of the molecule is CC(CO)N(C)CC1CCCCN1. The van der Waals surface area contributed by atoms with Crippen LogP contribution in [0.2, 0.25) is 0 Å². The second-order valence-electron chi connectivity index (χ2n) is 4.12. The van der Waals surface area contributed by atoms with E-state index in [0.717, 1.165) is 13.1 Å². The minimum atomic E-state index is 0.253. The van der Waals surface area contributed by atoms with E-state index >= 15 is 0 Å². The fourth-order valence-electron chi connectivity index (χ4n) is 1.75. The lowest BCUT2D eigenvalue weighted by atomic mass is 10.0. The summed E-state index contributed by atoms with van der Waals surface area (Å²) in [6.07, 6.45) is 3.94. The van der Waals surface area contributed by atoms with Crippen molar-refractivity contribution in [2.45, 2.75) is 38.3 Å². The Morgan fingerprint density at radius 3 is 2.85 bits per heavy atom. The van der Waals surface area contributed by atoms with Gasteiger partial charge in [0.25, 0.3) is 0 Å². The summed E-state index contributed by atoms with van der Waals surface area (Å²) in [4.78, 5) is 2.23. The molecule has 1 rings (SSSR count). The highest BCUT2D eigenvalue weighted by Crippen LogP contribution is 2.08. The molecule has 1 saturated heterocycles. The van der Waals surface area contributed by atoms with Gasteiger partial charge in [0, 0.05) is 18.6 Å². The van der Waals surface area contributed by atoms with Gasteiger partial charge in [-0.05, 0) is 33.4 Å². The van der Waals surface area contributed by atoms with Crippen molar-refractivity contribution in [3.63, 3.8) is 0 Å². The first-order valence-electron chi connectivity index (χ1n) is 5.28. The van der Waals surface area contributed by atoms with Crippen molar-refractivity contribution in [3.05, 3.63) is 0 Å². The number of rotatable bonds is 4. The molecule has 78 valence electrons. The summed E-state index contributed by atoms with van der Waals surface area (Å²) in [5.41, 5.74) is 0. The lowest BCUT2D eigenvalue weighted by molar-refractivity contribution is 0.143. The predicted molar refractivity (Wildman–Crippen MR) is 54.8 cm³/mol. The zero-order valence-electron chi connectivity index (χ0n) is 8.79. The minimum Gasteiger partial charge on any atom is -0.395 e. The van der Waals surface area contributed by atoms with Gasteiger partial charge in [-0.1, -0.05) is 6.42 Å². The smallest absolute Gasteiger partial charge is 0.0584 e. The van der Waals surface area contributed by atoms with Gasteiger partial charge in [-0.3, -0.25) is 4.90 Å². The summed E-state index contributed by atoms with van der Waals surface area (Å²) in [6, 6.07) is 0.913. The molecule has 2 N–H and O–H groups in total. The lowest BCUT2D eigenvalue weighted by Gasteiger charge is -2.30. The molecule has 0 aromatic heterocycles. The van der Waals surface area contributed by atoms with Crippen LogP contribution in [0.3, 0.4) is 0 Å². The summed E-state index contributed by atoms with van der Waals surface area (Å²) in [5.74, 6) is 0. The van der Waals surface area contributed by atoms with Crippen LogP contribution in [0, 0.1) is 0 Å². The number of aliphatic hydroxyl groups is 1. The number of likely N-dealkylation sites (N-methyl/N-ethyl adjacent to an activating group) is 1. The molecule has 13 heavy (non-hydrogen) atoms. The highest BCUT2D eigenvalue weighted by molar-refractivity contribution is 4.76. The molecule has 0 spiro atoms. The van der Waals surface area contributed by atoms with Crippen LogP contribution in [0.25, 0.3) is 0 Å². The molecular formula is C10H22N2O. The lowest BCUT2D eigenvalue weighted by Crippen LogP contribution is -2.45. The third kappa shape index (κ3) is 3.63. The number of nitrogens with one attached hydrogen (secondary N) is 1. The Kier molecular flexibility index (Phi) is 4.70. The molecule has 2 unspecified atom stereocenters. The van der Waals surface area contributed by atoms with Gasteiger partial charge in [-0.15, -0.1) is 0 Å².